The van der Waals surface area contributed by atoms with E-state index in [1.54, 1.807) is 0 Å². The van der Waals surface area contributed by atoms with Crippen LogP contribution in [0.3, 0.4) is 0 Å². The molecule has 0 bridgehead atoms. The Morgan fingerprint density at radius 3 is 1.90 bits per heavy atom. The Morgan fingerprint density at radius 1 is 1.02 bits per heavy atom. The third kappa shape index (κ3) is 10.0. The summed E-state index contributed by atoms with van der Waals surface area (Å²) in [6.45, 7) is 13.7. The van der Waals surface area contributed by atoms with Crippen molar-refractivity contribution in [2.24, 2.45) is 16.6 Å². The van der Waals surface area contributed by atoms with E-state index in [0.717, 1.165) is 10.9 Å². The lowest BCUT2D eigenvalue weighted by Crippen LogP contribution is -2.44. The summed E-state index contributed by atoms with van der Waals surface area (Å²) in [5.41, 5.74) is 10.2. The molecule has 8 N–H and O–H groups in total. The molecule has 0 aromatic carbocycles. The number of rotatable bonds is 13. The third-order valence-corrected chi connectivity index (χ3v) is 7.79. The molecule has 1 aliphatic heterocycles. The molecule has 42 heavy (non-hydrogen) atoms. The van der Waals surface area contributed by atoms with Gasteiger partial charge in [-0.25, -0.2) is 15.2 Å². The average Bonchev–Trinajstić information content (AvgIpc) is 3.37. The van der Waals surface area contributed by atoms with Crippen molar-refractivity contribution in [1.29, 1.82) is 0 Å². The maximum atomic E-state index is 13.9. The highest BCUT2D eigenvalue weighted by atomic mass is 31.2. The van der Waals surface area contributed by atoms with Gasteiger partial charge in [-0.15, -0.1) is 0 Å². The van der Waals surface area contributed by atoms with Crippen molar-refractivity contribution >= 4 is 31.3 Å². The van der Waals surface area contributed by atoms with E-state index in [1.807, 2.05) is 41.5 Å². The molecule has 2 heterocycles. The number of anilines is 1. The highest BCUT2D eigenvalue weighted by Gasteiger charge is 2.46. The first-order chi connectivity index (χ1) is 19.1. The number of hydrogen-bond acceptors (Lipinski definition) is 12. The van der Waals surface area contributed by atoms with E-state index >= 15 is 0 Å². The molecule has 6 atom stereocenters. The summed E-state index contributed by atoms with van der Waals surface area (Å²) in [5, 5.41) is 26.3. The molecule has 1 aliphatic rings. The van der Waals surface area contributed by atoms with E-state index in [2.05, 4.69) is 15.2 Å². The number of ether oxygens (including phenoxy) is 3. The molecule has 240 valence electrons. The monoisotopic (exact) mass is 620 g/mol. The fraction of sp³-hybridized carbons (Fsp3) is 0.760. The zero-order valence-corrected chi connectivity index (χ0v) is 26.2. The quantitative estimate of drug-likeness (QED) is 0.130. The maximum absolute atomic E-state index is 13.9. The summed E-state index contributed by atoms with van der Waals surface area (Å²) < 4.78 is 37.0. The fourth-order valence-electron chi connectivity index (χ4n) is 3.59. The van der Waals surface area contributed by atoms with Crippen molar-refractivity contribution in [3.05, 3.63) is 12.0 Å². The Hall–Kier alpha value is -2.59. The van der Waals surface area contributed by atoms with Crippen LogP contribution in [0.2, 0.25) is 0 Å². The lowest BCUT2D eigenvalue weighted by Gasteiger charge is -2.28. The topological polar surface area (TPSA) is 240 Å². The molecule has 2 rings (SSSR count). The van der Waals surface area contributed by atoms with Gasteiger partial charge in [0.25, 0.3) is 5.91 Å². The van der Waals surface area contributed by atoms with Crippen LogP contribution < -0.4 is 21.6 Å². The standard InChI is InChI=1S/C25H45N6O10P/c1-13(22(35)38-10-24(3,4)5)29-42(37,30-14(2)23(36)39-11-25(6,7)8)40-9-15-17(32)18(33)21(41-15)31-12-28-16(19(31)26)20(27)34/h12-15,17-18,21,32-33H,9-11,26H2,1-8H3,(H2,27,34)(H2,29,30,37)/t13-,14-,15+,17?,18+,21+/m0/s1. The Bertz CT molecular complexity index is 1120. The van der Waals surface area contributed by atoms with Gasteiger partial charge in [-0.3, -0.25) is 23.5 Å². The van der Waals surface area contributed by atoms with Crippen LogP contribution in [-0.4, -0.2) is 87.8 Å². The number of amides is 1. The van der Waals surface area contributed by atoms with Gasteiger partial charge in [0.05, 0.1) is 26.1 Å². The van der Waals surface area contributed by atoms with E-state index in [1.165, 1.54) is 13.8 Å². The van der Waals surface area contributed by atoms with Gasteiger partial charge in [0.2, 0.25) is 0 Å². The number of primary amides is 1. The molecule has 1 aromatic rings. The number of imidazole rings is 1. The van der Waals surface area contributed by atoms with Gasteiger partial charge in [-0.2, -0.15) is 0 Å². The second-order valence-electron chi connectivity index (χ2n) is 12.7. The largest absolute Gasteiger partial charge is 0.464 e. The van der Waals surface area contributed by atoms with Crippen molar-refractivity contribution in [3.8, 4) is 0 Å². The van der Waals surface area contributed by atoms with Gasteiger partial charge in [0.1, 0.15) is 36.2 Å². The Labute approximate surface area is 245 Å². The molecule has 17 heteroatoms. The lowest BCUT2D eigenvalue weighted by atomic mass is 9.99. The van der Waals surface area contributed by atoms with Crippen LogP contribution >= 0.6 is 7.67 Å². The van der Waals surface area contributed by atoms with Crippen molar-refractivity contribution in [3.63, 3.8) is 0 Å². The number of hydrogen-bond donors (Lipinski definition) is 6. The Balaban J connectivity index is 2.20. The number of aliphatic hydroxyl groups is 2. The Kier molecular flexibility index (Phi) is 11.7. The van der Waals surface area contributed by atoms with Crippen molar-refractivity contribution in [2.75, 3.05) is 25.6 Å². The number of esters is 2. The van der Waals surface area contributed by atoms with Crippen LogP contribution in [0.1, 0.15) is 72.1 Å². The van der Waals surface area contributed by atoms with Gasteiger partial charge < -0.3 is 40.4 Å². The van der Waals surface area contributed by atoms with Crippen molar-refractivity contribution in [2.45, 2.75) is 92.0 Å². The second-order valence-corrected chi connectivity index (χ2v) is 14.6. The SMILES string of the molecule is C[C@H](NP(=O)(N[C@@H](C)C(=O)OCC(C)(C)C)OC[C@H]1O[C@@H](n2cnc(C(N)=O)c2N)[C@H](O)C1O)C(=O)OCC(C)(C)C. The minimum absolute atomic E-state index is 0.0994. The van der Waals surface area contributed by atoms with Gasteiger partial charge in [-0.05, 0) is 24.7 Å². The molecule has 1 fully saturated rings. The molecule has 0 saturated carbocycles. The van der Waals surface area contributed by atoms with Crippen LogP contribution in [0.15, 0.2) is 6.33 Å². The maximum Gasteiger partial charge on any atom is 0.342 e. The average molecular weight is 621 g/mol. The highest BCUT2D eigenvalue weighted by molar-refractivity contribution is 7.54. The predicted octanol–water partition coefficient (Wildman–Crippen LogP) is 0.443. The van der Waals surface area contributed by atoms with E-state index in [4.69, 9.17) is 30.2 Å². The molecule has 1 aromatic heterocycles. The molecule has 1 saturated heterocycles. The van der Waals surface area contributed by atoms with Crippen molar-refractivity contribution < 1.29 is 47.9 Å². The molecule has 1 amide bonds. The predicted molar refractivity (Wildman–Crippen MR) is 151 cm³/mol. The van der Waals surface area contributed by atoms with Crippen LogP contribution in [0, 0.1) is 10.8 Å². The molecular weight excluding hydrogens is 575 g/mol. The van der Waals surface area contributed by atoms with Crippen LogP contribution in [0.25, 0.3) is 0 Å². The number of aliphatic hydroxyl groups excluding tert-OH is 2. The number of carbonyl (C=O) groups excluding carboxylic acids is 3. The van der Waals surface area contributed by atoms with E-state index in [9.17, 15) is 29.2 Å². The number of nitrogens with two attached hydrogens (primary N) is 2. The van der Waals surface area contributed by atoms with Crippen LogP contribution in [0.5, 0.6) is 0 Å². The Morgan fingerprint density at radius 2 is 1.50 bits per heavy atom. The van der Waals surface area contributed by atoms with Gasteiger partial charge in [-0.1, -0.05) is 41.5 Å². The number of aromatic nitrogens is 2. The summed E-state index contributed by atoms with van der Waals surface area (Å²) in [6, 6.07) is -2.29. The second kappa shape index (κ2) is 13.8. The molecule has 0 spiro atoms. The molecule has 16 nitrogen and oxygen atoms in total. The molecular formula is C25H45N6O10P. The summed E-state index contributed by atoms with van der Waals surface area (Å²) in [6.07, 6.45) is -4.53. The van der Waals surface area contributed by atoms with Crippen LogP contribution in [-0.2, 0) is 32.9 Å². The van der Waals surface area contributed by atoms with Gasteiger partial charge >= 0.3 is 19.6 Å². The minimum Gasteiger partial charge on any atom is -0.464 e. The summed E-state index contributed by atoms with van der Waals surface area (Å²) in [7, 11) is -4.26. The fourth-order valence-corrected chi connectivity index (χ4v) is 5.40. The number of nitrogen functional groups attached to an aromatic ring is 1. The first kappa shape index (κ1) is 35.6. The zero-order chi connectivity index (χ0) is 32.2. The normalized spacial score (nSPS) is 22.9. The zero-order valence-electron chi connectivity index (χ0n) is 25.3. The molecule has 0 aliphatic carbocycles. The van der Waals surface area contributed by atoms with Crippen molar-refractivity contribution in [1.82, 2.24) is 19.7 Å². The first-order valence-corrected chi connectivity index (χ1v) is 15.0. The lowest BCUT2D eigenvalue weighted by molar-refractivity contribution is -0.148. The number of carbonyl (C=O) groups is 3. The molecule has 1 unspecified atom stereocenters. The summed E-state index contributed by atoms with van der Waals surface area (Å²) in [4.78, 5) is 40.5. The number of nitrogens with one attached hydrogen (secondary N) is 2. The van der Waals surface area contributed by atoms with E-state index in [0.29, 0.717) is 0 Å². The third-order valence-electron chi connectivity index (χ3n) is 5.83. The molecule has 0 radical (unpaired) electrons. The highest BCUT2D eigenvalue weighted by Crippen LogP contribution is 2.41. The summed E-state index contributed by atoms with van der Waals surface area (Å²) in [5.74, 6) is -2.53. The minimum atomic E-state index is -4.26. The number of nitrogens with zero attached hydrogens (tertiary/aromatic N) is 2. The first-order valence-electron chi connectivity index (χ1n) is 13.4. The smallest absolute Gasteiger partial charge is 0.342 e. The van der Waals surface area contributed by atoms with E-state index < -0.39 is 68.7 Å². The van der Waals surface area contributed by atoms with Gasteiger partial charge in [0.15, 0.2) is 11.9 Å². The van der Waals surface area contributed by atoms with Gasteiger partial charge in [0, 0.05) is 0 Å². The summed E-state index contributed by atoms with van der Waals surface area (Å²) >= 11 is 0. The van der Waals surface area contributed by atoms with E-state index in [-0.39, 0.29) is 35.6 Å². The van der Waals surface area contributed by atoms with Crippen LogP contribution in [0.4, 0.5) is 5.82 Å².